The van der Waals surface area contributed by atoms with Gasteiger partial charge >= 0.3 is 0 Å². The summed E-state index contributed by atoms with van der Waals surface area (Å²) in [6.45, 7) is 7.00. The monoisotopic (exact) mass is 219 g/mol. The van der Waals surface area contributed by atoms with Gasteiger partial charge in [-0.05, 0) is 61.2 Å². The molecule has 90 valence electrons. The molecule has 2 saturated carbocycles. The van der Waals surface area contributed by atoms with E-state index in [0.29, 0.717) is 5.92 Å². The van der Waals surface area contributed by atoms with Crippen molar-refractivity contribution in [3.8, 4) is 6.07 Å². The van der Waals surface area contributed by atoms with Gasteiger partial charge in [0.1, 0.15) is 0 Å². The standard InChI is InChI=1S/C15H25N/c1-10(2)8-14-12-4-5-13(9-12)15(14)11(3)6-7-16/h10-15H,4-6,8-9H2,1-3H3. The fourth-order valence-corrected chi connectivity index (χ4v) is 4.52. The summed E-state index contributed by atoms with van der Waals surface area (Å²) in [6.07, 6.45) is 6.54. The SMILES string of the molecule is CC(C)CC1C2CCC(C2)C1C(C)CC#N. The number of hydrogen-bond acceptors (Lipinski definition) is 1. The first-order valence-corrected chi connectivity index (χ1v) is 7.00. The average Bonchev–Trinajstić information content (AvgIpc) is 2.77. The van der Waals surface area contributed by atoms with Gasteiger partial charge in [0.05, 0.1) is 6.07 Å². The van der Waals surface area contributed by atoms with Crippen LogP contribution in [0, 0.1) is 46.8 Å². The predicted molar refractivity (Wildman–Crippen MR) is 66.7 cm³/mol. The lowest BCUT2D eigenvalue weighted by Crippen LogP contribution is -2.28. The summed E-state index contributed by atoms with van der Waals surface area (Å²) in [7, 11) is 0. The van der Waals surface area contributed by atoms with E-state index >= 15 is 0 Å². The summed E-state index contributed by atoms with van der Waals surface area (Å²) in [5.41, 5.74) is 0. The molecule has 0 aromatic carbocycles. The number of fused-ring (bicyclic) bond motifs is 2. The second-order valence-electron chi connectivity index (χ2n) is 6.54. The topological polar surface area (TPSA) is 23.8 Å². The van der Waals surface area contributed by atoms with Crippen LogP contribution in [0.4, 0.5) is 0 Å². The summed E-state index contributed by atoms with van der Waals surface area (Å²) >= 11 is 0. The molecule has 0 amide bonds. The Morgan fingerprint density at radius 1 is 1.19 bits per heavy atom. The van der Waals surface area contributed by atoms with Gasteiger partial charge in [-0.15, -0.1) is 0 Å². The average molecular weight is 219 g/mol. The van der Waals surface area contributed by atoms with Crippen LogP contribution in [0.15, 0.2) is 0 Å². The van der Waals surface area contributed by atoms with Crippen molar-refractivity contribution in [2.75, 3.05) is 0 Å². The highest BCUT2D eigenvalue weighted by atomic mass is 14.5. The van der Waals surface area contributed by atoms with E-state index < -0.39 is 0 Å². The summed E-state index contributed by atoms with van der Waals surface area (Å²) < 4.78 is 0. The van der Waals surface area contributed by atoms with Crippen LogP contribution in [0.5, 0.6) is 0 Å². The number of hydrogen-bond donors (Lipinski definition) is 0. The van der Waals surface area contributed by atoms with Gasteiger partial charge in [0.25, 0.3) is 0 Å². The maximum Gasteiger partial charge on any atom is 0.0624 e. The first-order chi connectivity index (χ1) is 7.63. The van der Waals surface area contributed by atoms with Crippen LogP contribution in [0.1, 0.15) is 52.9 Å². The zero-order chi connectivity index (χ0) is 11.7. The molecule has 1 nitrogen and oxygen atoms in total. The number of rotatable bonds is 4. The molecule has 0 N–H and O–H groups in total. The van der Waals surface area contributed by atoms with E-state index in [4.69, 9.17) is 5.26 Å². The minimum atomic E-state index is 0.629. The van der Waals surface area contributed by atoms with Gasteiger partial charge in [0, 0.05) is 6.42 Å². The predicted octanol–water partition coefficient (Wildman–Crippen LogP) is 4.24. The molecule has 0 aromatic heterocycles. The molecular weight excluding hydrogens is 194 g/mol. The van der Waals surface area contributed by atoms with E-state index in [9.17, 15) is 0 Å². The molecule has 2 bridgehead atoms. The van der Waals surface area contributed by atoms with Crippen molar-refractivity contribution in [1.82, 2.24) is 0 Å². The van der Waals surface area contributed by atoms with Gasteiger partial charge in [-0.2, -0.15) is 5.26 Å². The van der Waals surface area contributed by atoms with Crippen LogP contribution < -0.4 is 0 Å². The molecular formula is C15H25N. The Labute approximate surface area is 100 Å². The lowest BCUT2D eigenvalue weighted by Gasteiger charge is -2.35. The summed E-state index contributed by atoms with van der Waals surface area (Å²) in [5.74, 6) is 5.20. The van der Waals surface area contributed by atoms with Crippen LogP contribution in [0.25, 0.3) is 0 Å². The molecule has 0 heterocycles. The molecule has 1 heteroatoms. The quantitative estimate of drug-likeness (QED) is 0.693. The third-order valence-electron chi connectivity index (χ3n) is 4.97. The van der Waals surface area contributed by atoms with E-state index in [2.05, 4.69) is 26.8 Å². The van der Waals surface area contributed by atoms with Gasteiger partial charge in [-0.25, -0.2) is 0 Å². The molecule has 2 aliphatic carbocycles. The molecule has 2 rings (SSSR count). The molecule has 0 aromatic rings. The maximum absolute atomic E-state index is 8.89. The van der Waals surface area contributed by atoms with Crippen molar-refractivity contribution in [3.05, 3.63) is 0 Å². The zero-order valence-corrected chi connectivity index (χ0v) is 10.9. The first kappa shape index (κ1) is 12.0. The maximum atomic E-state index is 8.89. The molecule has 2 fully saturated rings. The lowest BCUT2D eigenvalue weighted by atomic mass is 9.69. The Bertz CT molecular complexity index is 276. The van der Waals surface area contributed by atoms with Gasteiger partial charge in [0.2, 0.25) is 0 Å². The first-order valence-electron chi connectivity index (χ1n) is 7.00. The lowest BCUT2D eigenvalue weighted by molar-refractivity contribution is 0.137. The van der Waals surface area contributed by atoms with E-state index in [1.165, 1.54) is 25.7 Å². The van der Waals surface area contributed by atoms with Crippen molar-refractivity contribution in [2.24, 2.45) is 35.5 Å². The van der Waals surface area contributed by atoms with Gasteiger partial charge < -0.3 is 0 Å². The molecule has 5 atom stereocenters. The van der Waals surface area contributed by atoms with Crippen LogP contribution >= 0.6 is 0 Å². The Morgan fingerprint density at radius 3 is 2.50 bits per heavy atom. The Balaban J connectivity index is 2.06. The van der Waals surface area contributed by atoms with E-state index in [1.54, 1.807) is 0 Å². The van der Waals surface area contributed by atoms with E-state index in [1.807, 2.05) is 0 Å². The molecule has 16 heavy (non-hydrogen) atoms. The molecule has 0 saturated heterocycles. The normalized spacial score (nSPS) is 38.9. The Morgan fingerprint density at radius 2 is 1.88 bits per heavy atom. The minimum absolute atomic E-state index is 0.629. The summed E-state index contributed by atoms with van der Waals surface area (Å²) in [6, 6.07) is 2.38. The number of nitriles is 1. The van der Waals surface area contributed by atoms with Crippen molar-refractivity contribution in [1.29, 1.82) is 5.26 Å². The largest absolute Gasteiger partial charge is 0.198 e. The third-order valence-corrected chi connectivity index (χ3v) is 4.97. The van der Waals surface area contributed by atoms with Crippen LogP contribution in [0.3, 0.4) is 0 Å². The molecule has 0 aliphatic heterocycles. The summed E-state index contributed by atoms with van der Waals surface area (Å²) in [4.78, 5) is 0. The van der Waals surface area contributed by atoms with Crippen molar-refractivity contribution in [2.45, 2.75) is 52.9 Å². The van der Waals surface area contributed by atoms with Gasteiger partial charge in [0.15, 0.2) is 0 Å². The second kappa shape index (κ2) is 4.78. The fourth-order valence-electron chi connectivity index (χ4n) is 4.52. The van der Waals surface area contributed by atoms with E-state index in [-0.39, 0.29) is 0 Å². The highest BCUT2D eigenvalue weighted by molar-refractivity contribution is 4.99. The fraction of sp³-hybridized carbons (Fsp3) is 0.933. The summed E-state index contributed by atoms with van der Waals surface area (Å²) in [5, 5.41) is 8.89. The van der Waals surface area contributed by atoms with Crippen LogP contribution in [0.2, 0.25) is 0 Å². The van der Waals surface area contributed by atoms with E-state index in [0.717, 1.165) is 36.0 Å². The Hall–Kier alpha value is -0.510. The van der Waals surface area contributed by atoms with Gasteiger partial charge in [-0.1, -0.05) is 20.8 Å². The molecule has 5 unspecified atom stereocenters. The molecule has 0 radical (unpaired) electrons. The van der Waals surface area contributed by atoms with Crippen LogP contribution in [-0.2, 0) is 0 Å². The minimum Gasteiger partial charge on any atom is -0.198 e. The zero-order valence-electron chi connectivity index (χ0n) is 10.9. The van der Waals surface area contributed by atoms with Crippen molar-refractivity contribution in [3.63, 3.8) is 0 Å². The van der Waals surface area contributed by atoms with Gasteiger partial charge in [-0.3, -0.25) is 0 Å². The number of nitrogens with zero attached hydrogens (tertiary/aromatic N) is 1. The highest BCUT2D eigenvalue weighted by Crippen LogP contribution is 2.57. The van der Waals surface area contributed by atoms with Crippen LogP contribution in [-0.4, -0.2) is 0 Å². The second-order valence-corrected chi connectivity index (χ2v) is 6.54. The smallest absolute Gasteiger partial charge is 0.0624 e. The highest BCUT2D eigenvalue weighted by Gasteiger charge is 2.48. The third kappa shape index (κ3) is 2.12. The molecule has 2 aliphatic rings. The van der Waals surface area contributed by atoms with Crippen molar-refractivity contribution >= 4 is 0 Å². The Kier molecular flexibility index (Phi) is 3.57. The molecule has 0 spiro atoms. The van der Waals surface area contributed by atoms with Crippen molar-refractivity contribution < 1.29 is 0 Å².